The minimum atomic E-state index is -0.162. The van der Waals surface area contributed by atoms with Gasteiger partial charge in [-0.3, -0.25) is 10.2 Å². The first-order chi connectivity index (χ1) is 11.6. The van der Waals surface area contributed by atoms with Crippen LogP contribution in [0.1, 0.15) is 19.4 Å². The zero-order valence-electron chi connectivity index (χ0n) is 14.1. The van der Waals surface area contributed by atoms with Crippen molar-refractivity contribution >= 4 is 22.5 Å². The topological polar surface area (TPSA) is 57.3 Å². The summed E-state index contributed by atoms with van der Waals surface area (Å²) in [6, 6.07) is 10.6. The van der Waals surface area contributed by atoms with Crippen LogP contribution in [0.5, 0.6) is 0 Å². The molecule has 1 saturated heterocycles. The third-order valence-electron chi connectivity index (χ3n) is 4.52. The molecule has 6 heteroatoms. The van der Waals surface area contributed by atoms with Crippen LogP contribution in [-0.2, 0) is 6.54 Å². The lowest BCUT2D eigenvalue weighted by atomic mass is 9.85. The molecule has 0 saturated carbocycles. The van der Waals surface area contributed by atoms with E-state index in [4.69, 9.17) is 0 Å². The molecule has 0 unspecified atom stereocenters. The number of hydrogen-bond donors (Lipinski definition) is 2. The van der Waals surface area contributed by atoms with Gasteiger partial charge in [0.1, 0.15) is 0 Å². The number of carbonyl (C=O) groups is 1. The van der Waals surface area contributed by atoms with E-state index in [0.29, 0.717) is 17.0 Å². The summed E-state index contributed by atoms with van der Waals surface area (Å²) in [6.45, 7) is 7.36. The Kier molecular flexibility index (Phi) is 5.48. The van der Waals surface area contributed by atoms with Crippen molar-refractivity contribution < 1.29 is 4.79 Å². The number of nitrogens with zero attached hydrogens (tertiary/aromatic N) is 2. The first-order valence-electron chi connectivity index (χ1n) is 8.35. The summed E-state index contributed by atoms with van der Waals surface area (Å²) in [6.07, 6.45) is 1.69. The van der Waals surface area contributed by atoms with E-state index < -0.39 is 0 Å². The number of urea groups is 1. The van der Waals surface area contributed by atoms with Crippen LogP contribution >= 0.6 is 11.3 Å². The zero-order chi connectivity index (χ0) is 16.9. The van der Waals surface area contributed by atoms with Crippen LogP contribution in [0.2, 0.25) is 0 Å². The van der Waals surface area contributed by atoms with E-state index in [2.05, 4.69) is 58.6 Å². The Hall–Kier alpha value is -1.92. The number of amides is 2. The molecule has 128 valence electrons. The third kappa shape index (κ3) is 4.33. The number of benzene rings is 1. The van der Waals surface area contributed by atoms with Gasteiger partial charge in [-0.25, -0.2) is 9.78 Å². The number of rotatable bonds is 4. The average molecular weight is 344 g/mol. The smallest absolute Gasteiger partial charge is 0.321 e. The van der Waals surface area contributed by atoms with E-state index in [9.17, 15) is 4.79 Å². The maximum absolute atomic E-state index is 12.2. The number of anilines is 1. The molecule has 1 aliphatic rings. The summed E-state index contributed by atoms with van der Waals surface area (Å²) in [7, 11) is 0. The number of aromatic nitrogens is 1. The van der Waals surface area contributed by atoms with Gasteiger partial charge >= 0.3 is 6.03 Å². The van der Waals surface area contributed by atoms with Crippen LogP contribution in [0.25, 0.3) is 0 Å². The van der Waals surface area contributed by atoms with Crippen molar-refractivity contribution in [2.24, 2.45) is 11.8 Å². The van der Waals surface area contributed by atoms with Crippen molar-refractivity contribution in [2.45, 2.75) is 26.4 Å². The van der Waals surface area contributed by atoms with Crippen LogP contribution in [0, 0.1) is 11.8 Å². The summed E-state index contributed by atoms with van der Waals surface area (Å²) >= 11 is 1.43. The minimum Gasteiger partial charge on any atom is -0.334 e. The lowest BCUT2D eigenvalue weighted by Crippen LogP contribution is -2.55. The van der Waals surface area contributed by atoms with Crippen LogP contribution in [-0.4, -0.2) is 35.0 Å². The van der Waals surface area contributed by atoms with Crippen molar-refractivity contribution in [1.82, 2.24) is 15.2 Å². The van der Waals surface area contributed by atoms with Gasteiger partial charge in [0.15, 0.2) is 5.13 Å². The highest BCUT2D eigenvalue weighted by Gasteiger charge is 2.32. The lowest BCUT2D eigenvalue weighted by molar-refractivity contribution is 0.0994. The quantitative estimate of drug-likeness (QED) is 0.893. The Morgan fingerprint density at radius 1 is 1.25 bits per heavy atom. The summed E-state index contributed by atoms with van der Waals surface area (Å²) in [4.78, 5) is 18.7. The van der Waals surface area contributed by atoms with Gasteiger partial charge in [-0.2, -0.15) is 0 Å². The fourth-order valence-corrected chi connectivity index (χ4v) is 4.03. The molecule has 2 N–H and O–H groups in total. The molecule has 1 aliphatic heterocycles. The average Bonchev–Trinajstić information content (AvgIpc) is 3.05. The van der Waals surface area contributed by atoms with Crippen molar-refractivity contribution in [2.75, 3.05) is 18.4 Å². The Balaban J connectivity index is 1.54. The van der Waals surface area contributed by atoms with E-state index >= 15 is 0 Å². The second-order valence-corrected chi connectivity index (χ2v) is 7.49. The highest BCUT2D eigenvalue weighted by atomic mass is 32.1. The predicted octanol–water partition coefficient (Wildman–Crippen LogP) is 3.42. The third-order valence-corrected chi connectivity index (χ3v) is 5.21. The summed E-state index contributed by atoms with van der Waals surface area (Å²) in [5, 5.41) is 8.42. The summed E-state index contributed by atoms with van der Waals surface area (Å²) in [5.41, 5.74) is 1.34. The van der Waals surface area contributed by atoms with Gasteiger partial charge in [0, 0.05) is 37.3 Å². The molecule has 2 atom stereocenters. The number of thiazole rings is 1. The monoisotopic (exact) mass is 344 g/mol. The van der Waals surface area contributed by atoms with Gasteiger partial charge in [0.2, 0.25) is 0 Å². The predicted molar refractivity (Wildman–Crippen MR) is 98.1 cm³/mol. The van der Waals surface area contributed by atoms with Gasteiger partial charge in [-0.05, 0) is 17.4 Å². The highest BCUT2D eigenvalue weighted by molar-refractivity contribution is 7.13. The van der Waals surface area contributed by atoms with Gasteiger partial charge in [0.05, 0.1) is 0 Å². The molecule has 24 heavy (non-hydrogen) atoms. The van der Waals surface area contributed by atoms with E-state index in [1.807, 2.05) is 11.4 Å². The molecule has 2 aromatic rings. The van der Waals surface area contributed by atoms with E-state index in [0.717, 1.165) is 19.6 Å². The number of hydrogen-bond acceptors (Lipinski definition) is 4. The van der Waals surface area contributed by atoms with Gasteiger partial charge < -0.3 is 5.32 Å². The second kappa shape index (κ2) is 7.77. The first-order valence-corrected chi connectivity index (χ1v) is 9.23. The Bertz CT molecular complexity index is 634. The molecule has 0 aliphatic carbocycles. The number of piperidine rings is 1. The summed E-state index contributed by atoms with van der Waals surface area (Å²) < 4.78 is 0. The SMILES string of the molecule is C[C@H]1CN(Cc2ccccc2)C[C@H](C)C1NC(=O)Nc1nccs1. The van der Waals surface area contributed by atoms with Crippen LogP contribution in [0.15, 0.2) is 41.9 Å². The largest absolute Gasteiger partial charge is 0.334 e. The Morgan fingerprint density at radius 3 is 2.58 bits per heavy atom. The van der Waals surface area contributed by atoms with Crippen LogP contribution in [0.3, 0.4) is 0 Å². The fraction of sp³-hybridized carbons (Fsp3) is 0.444. The van der Waals surface area contributed by atoms with Gasteiger partial charge in [-0.1, -0.05) is 44.2 Å². The molecule has 0 radical (unpaired) electrons. The maximum atomic E-state index is 12.2. The maximum Gasteiger partial charge on any atom is 0.321 e. The molecule has 1 aromatic heterocycles. The van der Waals surface area contributed by atoms with Gasteiger partial charge in [-0.15, -0.1) is 11.3 Å². The highest BCUT2D eigenvalue weighted by Crippen LogP contribution is 2.24. The van der Waals surface area contributed by atoms with Crippen molar-refractivity contribution in [3.05, 3.63) is 47.5 Å². The number of nitrogens with one attached hydrogen (secondary N) is 2. The first kappa shape index (κ1) is 16.9. The molecule has 2 heterocycles. The van der Waals surface area contributed by atoms with Crippen LogP contribution < -0.4 is 10.6 Å². The van der Waals surface area contributed by atoms with E-state index in [1.54, 1.807) is 6.20 Å². The van der Waals surface area contributed by atoms with Crippen molar-refractivity contribution in [3.8, 4) is 0 Å². The molecule has 5 nitrogen and oxygen atoms in total. The van der Waals surface area contributed by atoms with Crippen molar-refractivity contribution in [3.63, 3.8) is 0 Å². The standard InChI is InChI=1S/C18H24N4OS/c1-13-10-22(12-15-6-4-3-5-7-15)11-14(2)16(13)20-17(23)21-18-19-8-9-24-18/h3-9,13-14,16H,10-12H2,1-2H3,(H2,19,20,21,23)/t13-,14-/m0/s1. The molecular formula is C18H24N4OS. The Morgan fingerprint density at radius 2 is 1.96 bits per heavy atom. The molecule has 2 amide bonds. The molecule has 0 bridgehead atoms. The molecule has 1 fully saturated rings. The Labute approximate surface area is 147 Å². The second-order valence-electron chi connectivity index (χ2n) is 6.60. The van der Waals surface area contributed by atoms with E-state index in [1.165, 1.54) is 16.9 Å². The van der Waals surface area contributed by atoms with E-state index in [-0.39, 0.29) is 12.1 Å². The fourth-order valence-electron chi connectivity index (χ4n) is 3.50. The molecular weight excluding hydrogens is 320 g/mol. The zero-order valence-corrected chi connectivity index (χ0v) is 14.9. The van der Waals surface area contributed by atoms with Crippen molar-refractivity contribution in [1.29, 1.82) is 0 Å². The number of likely N-dealkylation sites (tertiary alicyclic amines) is 1. The number of carbonyl (C=O) groups excluding carboxylic acids is 1. The normalized spacial score (nSPS) is 22.2. The molecule has 1 aromatic carbocycles. The van der Waals surface area contributed by atoms with Crippen LogP contribution in [0.4, 0.5) is 9.93 Å². The molecule has 3 rings (SSSR count). The lowest BCUT2D eigenvalue weighted by Gasteiger charge is -2.41. The van der Waals surface area contributed by atoms with Gasteiger partial charge in [0.25, 0.3) is 0 Å². The summed E-state index contributed by atoms with van der Waals surface area (Å²) in [5.74, 6) is 0.805. The molecule has 0 spiro atoms. The minimum absolute atomic E-state index is 0.162.